The Kier molecular flexibility index (Phi) is 3.15. The van der Waals surface area contributed by atoms with Crippen LogP contribution in [0.2, 0.25) is 0 Å². The van der Waals surface area contributed by atoms with E-state index in [4.69, 9.17) is 21.1 Å². The number of benzene rings is 1. The Labute approximate surface area is 105 Å². The summed E-state index contributed by atoms with van der Waals surface area (Å²) in [5.41, 5.74) is 9.60. The molecule has 0 aliphatic carbocycles. The van der Waals surface area contributed by atoms with E-state index in [1.54, 1.807) is 12.1 Å². The minimum atomic E-state index is -0.358. The lowest BCUT2D eigenvalue weighted by molar-refractivity contribution is 0.254. The van der Waals surface area contributed by atoms with Crippen molar-refractivity contribution in [3.63, 3.8) is 0 Å². The maximum Gasteiger partial charge on any atom is 0.201 e. The van der Waals surface area contributed by atoms with Gasteiger partial charge in [-0.15, -0.1) is 0 Å². The maximum absolute atomic E-state index is 8.70. The first-order valence-corrected chi connectivity index (χ1v) is 5.48. The van der Waals surface area contributed by atoms with Gasteiger partial charge in [-0.1, -0.05) is 0 Å². The molecule has 18 heavy (non-hydrogen) atoms. The Morgan fingerprint density at radius 1 is 1.67 bits per heavy atom. The van der Waals surface area contributed by atoms with E-state index < -0.39 is 0 Å². The molecule has 6 heteroatoms. The molecule has 0 saturated carbocycles. The summed E-state index contributed by atoms with van der Waals surface area (Å²) in [5.74, 6) is 0.521. The van der Waals surface area contributed by atoms with Crippen LogP contribution in [0.5, 0.6) is 5.75 Å². The highest BCUT2D eigenvalue weighted by Crippen LogP contribution is 2.30. The molecule has 1 aliphatic rings. The summed E-state index contributed by atoms with van der Waals surface area (Å²) in [6.07, 6.45) is 1.04. The number of hydrogen-bond donors (Lipinski definition) is 3. The molecule has 2 rings (SSSR count). The monoisotopic (exact) mass is 243 g/mol. The van der Waals surface area contributed by atoms with Gasteiger partial charge in [0.05, 0.1) is 5.69 Å². The molecule has 0 bridgehead atoms. The molecule has 0 fully saturated rings. The number of hydrogen-bond acceptors (Lipinski definition) is 5. The first-order valence-electron chi connectivity index (χ1n) is 5.48. The Hall–Kier alpha value is -2.55. The lowest BCUT2D eigenvalue weighted by Gasteiger charge is -2.04. The van der Waals surface area contributed by atoms with Crippen molar-refractivity contribution in [2.75, 3.05) is 5.43 Å². The van der Waals surface area contributed by atoms with Crippen LogP contribution in [0.3, 0.4) is 0 Å². The third-order valence-electron chi connectivity index (χ3n) is 2.55. The molecule has 1 unspecified atom stereocenters. The normalized spacial score (nSPS) is 17.6. The number of rotatable bonds is 3. The number of ether oxygens (including phenoxy) is 1. The summed E-state index contributed by atoms with van der Waals surface area (Å²) in [7, 11) is 0. The summed E-state index contributed by atoms with van der Waals surface area (Å²) in [6.45, 7) is 2.01. The molecule has 92 valence electrons. The van der Waals surface area contributed by atoms with Gasteiger partial charge in [0.15, 0.2) is 5.84 Å². The van der Waals surface area contributed by atoms with E-state index in [2.05, 4.69) is 10.5 Å². The van der Waals surface area contributed by atoms with Gasteiger partial charge in [-0.2, -0.15) is 10.4 Å². The van der Waals surface area contributed by atoms with Crippen LogP contribution in [-0.4, -0.2) is 17.7 Å². The topological polar surface area (TPSA) is 107 Å². The van der Waals surface area contributed by atoms with Crippen molar-refractivity contribution >= 4 is 17.2 Å². The number of anilines is 1. The van der Waals surface area contributed by atoms with Crippen molar-refractivity contribution in [3.05, 3.63) is 23.8 Å². The number of nitriles is 1. The Morgan fingerprint density at radius 2 is 2.44 bits per heavy atom. The minimum absolute atomic E-state index is 0.139. The second kappa shape index (κ2) is 4.75. The van der Waals surface area contributed by atoms with Gasteiger partial charge in [0.2, 0.25) is 5.71 Å². The number of fused-ring (bicyclic) bond motifs is 1. The predicted molar refractivity (Wildman–Crippen MR) is 68.8 cm³/mol. The summed E-state index contributed by atoms with van der Waals surface area (Å²) in [4.78, 5) is 0. The van der Waals surface area contributed by atoms with Crippen LogP contribution in [0.15, 0.2) is 23.3 Å². The van der Waals surface area contributed by atoms with Crippen molar-refractivity contribution in [2.24, 2.45) is 10.8 Å². The molecule has 1 heterocycles. The predicted octanol–water partition coefficient (Wildman–Crippen LogP) is 1.24. The summed E-state index contributed by atoms with van der Waals surface area (Å²) in [6, 6.07) is 7.32. The molecule has 0 spiro atoms. The Balaban J connectivity index is 2.15. The minimum Gasteiger partial charge on any atom is -0.490 e. The van der Waals surface area contributed by atoms with Gasteiger partial charge in [0.1, 0.15) is 17.9 Å². The zero-order valence-corrected chi connectivity index (χ0v) is 9.90. The smallest absolute Gasteiger partial charge is 0.201 e. The van der Waals surface area contributed by atoms with Gasteiger partial charge >= 0.3 is 0 Å². The lowest BCUT2D eigenvalue weighted by atomic mass is 10.1. The van der Waals surface area contributed by atoms with E-state index in [1.165, 1.54) is 0 Å². The van der Waals surface area contributed by atoms with E-state index in [1.807, 2.05) is 19.1 Å². The average Bonchev–Trinajstić information content (AvgIpc) is 2.68. The van der Waals surface area contributed by atoms with Gasteiger partial charge in [-0.3, -0.25) is 10.8 Å². The van der Waals surface area contributed by atoms with Gasteiger partial charge in [-0.25, -0.2) is 0 Å². The van der Waals surface area contributed by atoms with Crippen LogP contribution in [-0.2, 0) is 6.42 Å². The Morgan fingerprint density at radius 3 is 3.11 bits per heavy atom. The number of nitrogens with two attached hydrogens (primary N) is 1. The highest BCUT2D eigenvalue weighted by atomic mass is 16.5. The third kappa shape index (κ3) is 2.40. The fourth-order valence-corrected chi connectivity index (χ4v) is 1.76. The van der Waals surface area contributed by atoms with Crippen LogP contribution in [0.4, 0.5) is 5.69 Å². The van der Waals surface area contributed by atoms with Crippen LogP contribution in [0.25, 0.3) is 0 Å². The largest absolute Gasteiger partial charge is 0.490 e. The first-order chi connectivity index (χ1) is 8.60. The highest BCUT2D eigenvalue weighted by molar-refractivity contribution is 6.45. The molecule has 6 nitrogen and oxygen atoms in total. The van der Waals surface area contributed by atoms with E-state index >= 15 is 0 Å². The van der Waals surface area contributed by atoms with Crippen LogP contribution < -0.4 is 15.9 Å². The molecule has 4 N–H and O–H groups in total. The third-order valence-corrected chi connectivity index (χ3v) is 2.55. The Bertz CT molecular complexity index is 558. The molecule has 0 aromatic heterocycles. The van der Waals surface area contributed by atoms with Crippen LogP contribution >= 0.6 is 0 Å². The zero-order chi connectivity index (χ0) is 13.1. The molecule has 1 atom stereocenters. The van der Waals surface area contributed by atoms with Gasteiger partial charge < -0.3 is 10.5 Å². The fourth-order valence-electron chi connectivity index (χ4n) is 1.76. The summed E-state index contributed by atoms with van der Waals surface area (Å²) >= 11 is 0. The fraction of sp³-hybridized carbons (Fsp3) is 0.250. The van der Waals surface area contributed by atoms with Crippen molar-refractivity contribution in [3.8, 4) is 11.8 Å². The number of hydrazone groups is 1. The van der Waals surface area contributed by atoms with Gasteiger partial charge in [0, 0.05) is 6.42 Å². The van der Waals surface area contributed by atoms with Crippen molar-refractivity contribution < 1.29 is 4.74 Å². The first kappa shape index (κ1) is 11.9. The van der Waals surface area contributed by atoms with Crippen molar-refractivity contribution in [1.82, 2.24) is 0 Å². The number of amidine groups is 1. The highest BCUT2D eigenvalue weighted by Gasteiger charge is 2.18. The standard InChI is InChI=1S/C12H13N5O/c1-7-4-8-5-9(2-3-11(8)18-7)16-17-10(6-13)12(14)15/h2-3,5,7,16H,4H2,1H3,(H3,14,15)/b17-10+. The van der Waals surface area contributed by atoms with Crippen LogP contribution in [0, 0.1) is 16.7 Å². The second-order valence-electron chi connectivity index (χ2n) is 4.05. The lowest BCUT2D eigenvalue weighted by Crippen LogP contribution is -2.21. The molecule has 1 aromatic rings. The molecule has 0 amide bonds. The average molecular weight is 243 g/mol. The molecular weight excluding hydrogens is 230 g/mol. The van der Waals surface area contributed by atoms with E-state index in [0.717, 1.165) is 23.4 Å². The van der Waals surface area contributed by atoms with Crippen LogP contribution in [0.1, 0.15) is 12.5 Å². The molecule has 0 saturated heterocycles. The van der Waals surface area contributed by atoms with Crippen molar-refractivity contribution in [1.29, 1.82) is 10.7 Å². The molecular formula is C12H13N5O. The van der Waals surface area contributed by atoms with Crippen molar-refractivity contribution in [2.45, 2.75) is 19.4 Å². The molecule has 0 radical (unpaired) electrons. The number of nitrogens with zero attached hydrogens (tertiary/aromatic N) is 2. The second-order valence-corrected chi connectivity index (χ2v) is 4.05. The van der Waals surface area contributed by atoms with E-state index in [-0.39, 0.29) is 17.7 Å². The molecule has 1 aliphatic heterocycles. The summed E-state index contributed by atoms with van der Waals surface area (Å²) in [5, 5.41) is 19.6. The van der Waals surface area contributed by atoms with Gasteiger partial charge in [0.25, 0.3) is 0 Å². The van der Waals surface area contributed by atoms with E-state index in [9.17, 15) is 0 Å². The van der Waals surface area contributed by atoms with Gasteiger partial charge in [-0.05, 0) is 30.7 Å². The maximum atomic E-state index is 8.70. The zero-order valence-electron chi connectivity index (χ0n) is 9.90. The SMILES string of the molecule is CC1Cc2cc(N/N=C(\C#N)C(=N)N)ccc2O1. The molecule has 1 aromatic carbocycles. The van der Waals surface area contributed by atoms with E-state index in [0.29, 0.717) is 0 Å². The quantitative estimate of drug-likeness (QED) is 0.421. The number of nitrogens with one attached hydrogen (secondary N) is 2. The summed E-state index contributed by atoms with van der Waals surface area (Å²) < 4.78 is 5.58.